The van der Waals surface area contributed by atoms with Gasteiger partial charge in [0.05, 0.1) is 16.1 Å². The van der Waals surface area contributed by atoms with Crippen LogP contribution in [0.5, 0.6) is 0 Å². The van der Waals surface area contributed by atoms with Crippen LogP contribution in [0.25, 0.3) is 0 Å². The first-order chi connectivity index (χ1) is 11.9. The number of rotatable bonds is 6. The summed E-state index contributed by atoms with van der Waals surface area (Å²) < 4.78 is 5.18. The lowest BCUT2D eigenvalue weighted by Crippen LogP contribution is -2.12. The molecule has 0 heterocycles. The molecule has 1 amide bonds. The van der Waals surface area contributed by atoms with Gasteiger partial charge in [0.15, 0.2) is 0 Å². The summed E-state index contributed by atoms with van der Waals surface area (Å²) in [6.07, 6.45) is 0.325. The van der Waals surface area contributed by atoms with E-state index in [1.807, 2.05) is 6.92 Å². The number of hydrogen-bond donors (Lipinski definition) is 1. The van der Waals surface area contributed by atoms with Gasteiger partial charge in [0.25, 0.3) is 5.69 Å². The Labute approximate surface area is 144 Å². The van der Waals surface area contributed by atoms with Crippen molar-refractivity contribution in [3.8, 4) is 0 Å². The van der Waals surface area contributed by atoms with E-state index in [1.165, 1.54) is 18.2 Å². The number of anilines is 1. The van der Waals surface area contributed by atoms with Crippen LogP contribution < -0.4 is 5.32 Å². The largest absolute Gasteiger partial charge is 0.457 e. The molecule has 2 aromatic rings. The van der Waals surface area contributed by atoms with Crippen LogP contribution in [-0.2, 0) is 16.1 Å². The van der Waals surface area contributed by atoms with Gasteiger partial charge >= 0.3 is 5.97 Å². The predicted molar refractivity (Wildman–Crippen MR) is 92.3 cm³/mol. The molecule has 0 fully saturated rings. The normalized spacial score (nSPS) is 10.2. The number of carbonyl (C=O) groups excluding carboxylic acids is 2. The molecule has 1 N–H and O–H groups in total. The van der Waals surface area contributed by atoms with Gasteiger partial charge in [0.1, 0.15) is 6.61 Å². The first-order valence-corrected chi connectivity index (χ1v) is 7.72. The van der Waals surface area contributed by atoms with E-state index in [2.05, 4.69) is 5.32 Å². The molecule has 7 nitrogen and oxygen atoms in total. The number of esters is 1. The summed E-state index contributed by atoms with van der Waals surface area (Å²) >= 11 is 0. The van der Waals surface area contributed by atoms with Crippen LogP contribution in [0.4, 0.5) is 11.4 Å². The van der Waals surface area contributed by atoms with Crippen LogP contribution in [-0.4, -0.2) is 16.8 Å². The van der Waals surface area contributed by atoms with Crippen LogP contribution >= 0.6 is 0 Å². The first-order valence-electron chi connectivity index (χ1n) is 7.72. The van der Waals surface area contributed by atoms with Gasteiger partial charge in [-0.05, 0) is 30.7 Å². The number of ether oxygens (including phenoxy) is 1. The Hall–Kier alpha value is -3.22. The average molecular weight is 342 g/mol. The minimum atomic E-state index is -0.620. The molecular formula is C18H18N2O5. The molecule has 130 valence electrons. The van der Waals surface area contributed by atoms with Crippen molar-refractivity contribution in [3.63, 3.8) is 0 Å². The zero-order valence-corrected chi connectivity index (χ0v) is 13.9. The fraction of sp³-hybridized carbons (Fsp3) is 0.222. The van der Waals surface area contributed by atoms with Crippen molar-refractivity contribution in [1.82, 2.24) is 0 Å². The molecule has 0 aromatic heterocycles. The van der Waals surface area contributed by atoms with Crippen molar-refractivity contribution < 1.29 is 19.2 Å². The molecule has 0 aliphatic heterocycles. The Morgan fingerprint density at radius 2 is 1.92 bits per heavy atom. The quantitative estimate of drug-likeness (QED) is 0.491. The van der Waals surface area contributed by atoms with E-state index in [0.717, 1.165) is 5.56 Å². The smallest absolute Gasteiger partial charge is 0.338 e. The van der Waals surface area contributed by atoms with E-state index < -0.39 is 10.9 Å². The summed E-state index contributed by atoms with van der Waals surface area (Å²) in [6.45, 7) is 3.34. The molecule has 0 atom stereocenters. The summed E-state index contributed by atoms with van der Waals surface area (Å²) in [6, 6.07) is 10.9. The minimum Gasteiger partial charge on any atom is -0.457 e. The molecule has 0 aliphatic carbocycles. The van der Waals surface area contributed by atoms with Crippen LogP contribution in [0.15, 0.2) is 42.5 Å². The molecule has 0 radical (unpaired) electrons. The number of carbonyl (C=O) groups is 2. The third kappa shape index (κ3) is 4.63. The highest BCUT2D eigenvalue weighted by Crippen LogP contribution is 2.21. The fourth-order valence-corrected chi connectivity index (χ4v) is 2.16. The van der Waals surface area contributed by atoms with Gasteiger partial charge in [-0.3, -0.25) is 14.9 Å². The highest BCUT2D eigenvalue weighted by atomic mass is 16.6. The molecule has 0 saturated carbocycles. The van der Waals surface area contributed by atoms with Gasteiger partial charge in [0, 0.05) is 18.2 Å². The lowest BCUT2D eigenvalue weighted by atomic mass is 10.1. The number of nitrogens with one attached hydrogen (secondary N) is 1. The second kappa shape index (κ2) is 8.05. The number of nitro groups is 1. The Morgan fingerprint density at radius 3 is 2.60 bits per heavy atom. The molecule has 2 aromatic carbocycles. The van der Waals surface area contributed by atoms with Gasteiger partial charge in [-0.2, -0.15) is 0 Å². The summed E-state index contributed by atoms with van der Waals surface area (Å²) in [5.41, 5.74) is 1.82. The van der Waals surface area contributed by atoms with Gasteiger partial charge in [0.2, 0.25) is 5.91 Å². The number of nitro benzene ring substituents is 1. The number of amides is 1. The van der Waals surface area contributed by atoms with E-state index in [0.29, 0.717) is 17.7 Å². The Balaban J connectivity index is 2.13. The Morgan fingerprint density at radius 1 is 1.20 bits per heavy atom. The molecule has 0 aliphatic rings. The standard InChI is InChI=1S/C18H18N2O5/c1-3-17(21)19-15-10-13(9-8-12(15)2)18(22)25-11-14-6-4-5-7-16(14)20(23)24/h4-10H,3,11H2,1-2H3,(H,19,21). The monoisotopic (exact) mass is 342 g/mol. The van der Waals surface area contributed by atoms with Crippen molar-refractivity contribution >= 4 is 23.3 Å². The van der Waals surface area contributed by atoms with Crippen LogP contribution in [0.3, 0.4) is 0 Å². The van der Waals surface area contributed by atoms with E-state index in [-0.39, 0.29) is 23.8 Å². The molecule has 25 heavy (non-hydrogen) atoms. The summed E-state index contributed by atoms with van der Waals surface area (Å²) in [4.78, 5) is 34.2. The minimum absolute atomic E-state index is 0.102. The second-order valence-corrected chi connectivity index (χ2v) is 5.39. The number of hydrogen-bond acceptors (Lipinski definition) is 5. The summed E-state index contributed by atoms with van der Waals surface area (Å²) in [5, 5.41) is 13.7. The van der Waals surface area contributed by atoms with Crippen molar-refractivity contribution in [1.29, 1.82) is 0 Å². The van der Waals surface area contributed by atoms with Crippen molar-refractivity contribution in [2.45, 2.75) is 26.9 Å². The number of benzene rings is 2. The zero-order valence-electron chi connectivity index (χ0n) is 13.9. The lowest BCUT2D eigenvalue weighted by molar-refractivity contribution is -0.385. The fourth-order valence-electron chi connectivity index (χ4n) is 2.16. The average Bonchev–Trinajstić information content (AvgIpc) is 2.61. The molecule has 0 saturated heterocycles. The molecule has 0 bridgehead atoms. The third-order valence-electron chi connectivity index (χ3n) is 3.62. The lowest BCUT2D eigenvalue weighted by Gasteiger charge is -2.10. The molecule has 0 unspecified atom stereocenters. The maximum Gasteiger partial charge on any atom is 0.338 e. The van der Waals surface area contributed by atoms with E-state index in [9.17, 15) is 19.7 Å². The van der Waals surface area contributed by atoms with Crippen molar-refractivity contribution in [2.24, 2.45) is 0 Å². The van der Waals surface area contributed by atoms with Gasteiger partial charge in [-0.15, -0.1) is 0 Å². The van der Waals surface area contributed by atoms with Crippen LogP contribution in [0, 0.1) is 17.0 Å². The molecule has 2 rings (SSSR count). The number of para-hydroxylation sites is 1. The molecule has 7 heteroatoms. The van der Waals surface area contributed by atoms with Gasteiger partial charge in [-0.1, -0.05) is 25.1 Å². The van der Waals surface area contributed by atoms with Gasteiger partial charge < -0.3 is 10.1 Å². The number of nitrogens with zero attached hydrogens (tertiary/aromatic N) is 1. The highest BCUT2D eigenvalue weighted by molar-refractivity contribution is 5.95. The molecular weight excluding hydrogens is 324 g/mol. The Kier molecular flexibility index (Phi) is 5.84. The maximum atomic E-state index is 12.2. The van der Waals surface area contributed by atoms with E-state index in [1.54, 1.807) is 31.2 Å². The Bertz CT molecular complexity index is 817. The van der Waals surface area contributed by atoms with Crippen molar-refractivity contribution in [2.75, 3.05) is 5.32 Å². The number of aryl methyl sites for hydroxylation is 1. The summed E-state index contributed by atoms with van der Waals surface area (Å²) in [7, 11) is 0. The van der Waals surface area contributed by atoms with Crippen LogP contribution in [0.2, 0.25) is 0 Å². The summed E-state index contributed by atoms with van der Waals surface area (Å²) in [5.74, 6) is -0.779. The zero-order chi connectivity index (χ0) is 18.4. The predicted octanol–water partition coefficient (Wildman–Crippen LogP) is 3.61. The highest BCUT2D eigenvalue weighted by Gasteiger charge is 2.16. The second-order valence-electron chi connectivity index (χ2n) is 5.39. The third-order valence-corrected chi connectivity index (χ3v) is 3.62. The first kappa shape index (κ1) is 18.1. The van der Waals surface area contributed by atoms with Crippen LogP contribution in [0.1, 0.15) is 34.8 Å². The van der Waals surface area contributed by atoms with E-state index >= 15 is 0 Å². The van der Waals surface area contributed by atoms with E-state index in [4.69, 9.17) is 4.74 Å². The SMILES string of the molecule is CCC(=O)Nc1cc(C(=O)OCc2ccccc2[N+](=O)[O-])ccc1C. The van der Waals surface area contributed by atoms with Crippen molar-refractivity contribution in [3.05, 3.63) is 69.3 Å². The maximum absolute atomic E-state index is 12.2. The molecule has 0 spiro atoms. The van der Waals surface area contributed by atoms with Gasteiger partial charge in [-0.25, -0.2) is 4.79 Å². The topological polar surface area (TPSA) is 98.5 Å².